The van der Waals surface area contributed by atoms with Gasteiger partial charge in [-0.2, -0.15) is 0 Å². The van der Waals surface area contributed by atoms with Crippen LogP contribution in [0.4, 0.5) is 0 Å². The van der Waals surface area contributed by atoms with Crippen molar-refractivity contribution >= 4 is 21.6 Å². The fraction of sp³-hybridized carbons (Fsp3) is 0.583. The van der Waals surface area contributed by atoms with E-state index in [1.54, 1.807) is 0 Å². The van der Waals surface area contributed by atoms with Crippen molar-refractivity contribution < 1.29 is 8.42 Å². The second kappa shape index (κ2) is 7.79. The molecule has 0 spiro atoms. The van der Waals surface area contributed by atoms with Crippen LogP contribution in [0.2, 0.25) is 5.02 Å². The Morgan fingerprint density at radius 2 is 2.11 bits per heavy atom. The normalized spacial score (nSPS) is 12.0. The molecule has 0 aromatic carbocycles. The van der Waals surface area contributed by atoms with Gasteiger partial charge in [-0.25, -0.2) is 13.1 Å². The molecular weight excluding hydrogens is 286 g/mol. The van der Waals surface area contributed by atoms with Gasteiger partial charge in [-0.3, -0.25) is 4.98 Å². The minimum atomic E-state index is -3.58. The van der Waals surface area contributed by atoms with Crippen LogP contribution in [-0.4, -0.2) is 44.5 Å². The number of sulfonamides is 1. The molecule has 0 amide bonds. The number of rotatable bonds is 8. The van der Waals surface area contributed by atoms with E-state index < -0.39 is 10.0 Å². The van der Waals surface area contributed by atoms with Gasteiger partial charge in [0.2, 0.25) is 10.0 Å². The van der Waals surface area contributed by atoms with Gasteiger partial charge in [0.25, 0.3) is 0 Å². The van der Waals surface area contributed by atoms with Crippen molar-refractivity contribution in [3.05, 3.63) is 23.5 Å². The number of aromatic nitrogens is 1. The van der Waals surface area contributed by atoms with Crippen LogP contribution in [0.15, 0.2) is 23.4 Å². The lowest BCUT2D eigenvalue weighted by Gasteiger charge is -2.19. The molecule has 0 aliphatic heterocycles. The topological polar surface area (TPSA) is 62.3 Å². The monoisotopic (exact) mass is 305 g/mol. The Morgan fingerprint density at radius 3 is 2.68 bits per heavy atom. The number of nitrogens with one attached hydrogen (secondary N) is 1. The maximum atomic E-state index is 12.0. The summed E-state index contributed by atoms with van der Waals surface area (Å²) in [6, 6.07) is 1.46. The van der Waals surface area contributed by atoms with Gasteiger partial charge in [0.1, 0.15) is 4.90 Å². The predicted octanol–water partition coefficient (Wildman–Crippen LogP) is 1.75. The van der Waals surface area contributed by atoms with E-state index in [0.29, 0.717) is 13.1 Å². The van der Waals surface area contributed by atoms with Gasteiger partial charge < -0.3 is 4.90 Å². The molecule has 0 aliphatic carbocycles. The summed E-state index contributed by atoms with van der Waals surface area (Å²) in [5.41, 5.74) is 0. The molecule has 0 aliphatic rings. The molecule has 1 aromatic rings. The number of pyridine rings is 1. The minimum absolute atomic E-state index is 0.0233. The van der Waals surface area contributed by atoms with Gasteiger partial charge in [-0.1, -0.05) is 25.4 Å². The molecule has 1 rings (SSSR count). The average molecular weight is 306 g/mol. The summed E-state index contributed by atoms with van der Waals surface area (Å²) in [6.07, 6.45) is 3.77. The van der Waals surface area contributed by atoms with Crippen LogP contribution in [0.1, 0.15) is 20.3 Å². The third-order valence-electron chi connectivity index (χ3n) is 2.73. The Balaban J connectivity index is 2.59. The number of hydrogen-bond donors (Lipinski definition) is 1. The van der Waals surface area contributed by atoms with E-state index in [4.69, 9.17) is 11.6 Å². The molecule has 0 atom stereocenters. The maximum Gasteiger partial charge on any atom is 0.243 e. The summed E-state index contributed by atoms with van der Waals surface area (Å²) in [5, 5.41) is 0.184. The lowest BCUT2D eigenvalue weighted by atomic mass is 10.4. The van der Waals surface area contributed by atoms with Crippen molar-refractivity contribution in [1.82, 2.24) is 14.6 Å². The maximum absolute atomic E-state index is 12.0. The van der Waals surface area contributed by atoms with Crippen LogP contribution in [-0.2, 0) is 10.0 Å². The number of nitrogens with zero attached hydrogens (tertiary/aromatic N) is 2. The molecule has 1 N–H and O–H groups in total. The lowest BCUT2D eigenvalue weighted by molar-refractivity contribution is 0.293. The first-order chi connectivity index (χ1) is 9.01. The van der Waals surface area contributed by atoms with Crippen molar-refractivity contribution in [2.24, 2.45) is 0 Å². The molecule has 0 unspecified atom stereocenters. The van der Waals surface area contributed by atoms with E-state index >= 15 is 0 Å². The van der Waals surface area contributed by atoms with Crippen LogP contribution < -0.4 is 4.72 Å². The molecule has 0 fully saturated rings. The summed E-state index contributed by atoms with van der Waals surface area (Å²) in [4.78, 5) is 6.00. The van der Waals surface area contributed by atoms with Gasteiger partial charge in [-0.05, 0) is 25.6 Å². The quantitative estimate of drug-likeness (QED) is 0.795. The fourth-order valence-electron chi connectivity index (χ4n) is 1.72. The van der Waals surface area contributed by atoms with Crippen LogP contribution in [0, 0.1) is 0 Å². The van der Waals surface area contributed by atoms with Crippen molar-refractivity contribution in [3.63, 3.8) is 0 Å². The zero-order valence-corrected chi connectivity index (χ0v) is 12.8. The highest BCUT2D eigenvalue weighted by Crippen LogP contribution is 2.18. The van der Waals surface area contributed by atoms with E-state index in [-0.39, 0.29) is 9.92 Å². The fourth-order valence-corrected chi connectivity index (χ4v) is 3.17. The third-order valence-corrected chi connectivity index (χ3v) is 4.66. The first-order valence-electron chi connectivity index (χ1n) is 6.32. The van der Waals surface area contributed by atoms with E-state index in [1.165, 1.54) is 18.5 Å². The lowest BCUT2D eigenvalue weighted by Crippen LogP contribution is -2.35. The molecule has 108 valence electrons. The van der Waals surface area contributed by atoms with Gasteiger partial charge >= 0.3 is 0 Å². The Morgan fingerprint density at radius 1 is 1.37 bits per heavy atom. The molecule has 0 radical (unpaired) electrons. The highest BCUT2D eigenvalue weighted by molar-refractivity contribution is 7.89. The standard InChI is InChI=1S/C12H20ClN3O2S/c1-3-8-16(4-2)9-7-15-19(17,18)12-10-14-6-5-11(12)13/h5-6,10,15H,3-4,7-9H2,1-2H3. The SMILES string of the molecule is CCCN(CC)CCNS(=O)(=O)c1cnccc1Cl. The van der Waals surface area contributed by atoms with Gasteiger partial charge in [0.15, 0.2) is 0 Å². The Bertz CT molecular complexity index is 494. The Labute approximate surface area is 120 Å². The summed E-state index contributed by atoms with van der Waals surface area (Å²) in [7, 11) is -3.58. The number of hydrogen-bond acceptors (Lipinski definition) is 4. The average Bonchev–Trinajstić information content (AvgIpc) is 2.38. The van der Waals surface area contributed by atoms with Gasteiger partial charge in [0.05, 0.1) is 5.02 Å². The summed E-state index contributed by atoms with van der Waals surface area (Å²) in [6.45, 7) is 7.07. The highest BCUT2D eigenvalue weighted by atomic mass is 35.5. The zero-order chi connectivity index (χ0) is 14.3. The minimum Gasteiger partial charge on any atom is -0.302 e. The van der Waals surface area contributed by atoms with Crippen LogP contribution in [0.25, 0.3) is 0 Å². The van der Waals surface area contributed by atoms with Crippen LogP contribution >= 0.6 is 11.6 Å². The first-order valence-corrected chi connectivity index (χ1v) is 8.19. The number of halogens is 1. The van der Waals surface area contributed by atoms with Crippen molar-refractivity contribution in [2.45, 2.75) is 25.2 Å². The van der Waals surface area contributed by atoms with E-state index in [0.717, 1.165) is 19.5 Å². The number of likely N-dealkylation sites (N-methyl/N-ethyl adjacent to an activating group) is 1. The smallest absolute Gasteiger partial charge is 0.243 e. The molecule has 19 heavy (non-hydrogen) atoms. The van der Waals surface area contributed by atoms with Gasteiger partial charge in [0, 0.05) is 25.5 Å². The third kappa shape index (κ3) is 5.06. The molecule has 0 saturated carbocycles. The first kappa shape index (κ1) is 16.4. The molecule has 7 heteroatoms. The Kier molecular flexibility index (Phi) is 6.71. The Hall–Kier alpha value is -0.690. The molecule has 1 heterocycles. The summed E-state index contributed by atoms with van der Waals surface area (Å²) >= 11 is 5.86. The molecule has 1 aromatic heterocycles. The second-order valence-corrected chi connectivity index (χ2v) is 6.28. The van der Waals surface area contributed by atoms with Crippen LogP contribution in [0.3, 0.4) is 0 Å². The molecule has 5 nitrogen and oxygen atoms in total. The molecular formula is C12H20ClN3O2S. The van der Waals surface area contributed by atoms with E-state index in [9.17, 15) is 8.42 Å². The molecule has 0 saturated heterocycles. The predicted molar refractivity (Wildman–Crippen MR) is 76.8 cm³/mol. The van der Waals surface area contributed by atoms with Crippen molar-refractivity contribution in [1.29, 1.82) is 0 Å². The van der Waals surface area contributed by atoms with Crippen LogP contribution in [0.5, 0.6) is 0 Å². The van der Waals surface area contributed by atoms with Gasteiger partial charge in [-0.15, -0.1) is 0 Å². The second-order valence-electron chi connectivity index (χ2n) is 4.14. The van der Waals surface area contributed by atoms with Crippen molar-refractivity contribution in [3.8, 4) is 0 Å². The van der Waals surface area contributed by atoms with E-state index in [1.807, 2.05) is 0 Å². The van der Waals surface area contributed by atoms with Crippen molar-refractivity contribution in [2.75, 3.05) is 26.2 Å². The largest absolute Gasteiger partial charge is 0.302 e. The summed E-state index contributed by atoms with van der Waals surface area (Å²) in [5.74, 6) is 0. The summed E-state index contributed by atoms with van der Waals surface area (Å²) < 4.78 is 26.6. The van der Waals surface area contributed by atoms with E-state index in [2.05, 4.69) is 28.5 Å². The highest BCUT2D eigenvalue weighted by Gasteiger charge is 2.17. The zero-order valence-electron chi connectivity index (χ0n) is 11.3. The molecule has 0 bridgehead atoms.